The molecule has 1 aromatic rings. The van der Waals surface area contributed by atoms with Gasteiger partial charge in [-0.2, -0.15) is 5.26 Å². The van der Waals surface area contributed by atoms with Crippen LogP contribution in [0.1, 0.15) is 25.3 Å². The van der Waals surface area contributed by atoms with Crippen molar-refractivity contribution >= 4 is 11.8 Å². The van der Waals surface area contributed by atoms with E-state index in [9.17, 15) is 5.26 Å². The standard InChI is InChI=1S/C15H20N2OS/c1-3-19-15-6-4-5-14(13(15)11-16)18-10-9-17(2)12-7-8-12/h4-6,12H,3,7-10H2,1-2H3. The van der Waals surface area contributed by atoms with Crippen LogP contribution in [0.25, 0.3) is 0 Å². The average molecular weight is 276 g/mol. The molecule has 0 saturated heterocycles. The number of hydrogen-bond donors (Lipinski definition) is 0. The quantitative estimate of drug-likeness (QED) is 0.717. The molecule has 0 unspecified atom stereocenters. The second kappa shape index (κ2) is 6.83. The number of benzene rings is 1. The maximum Gasteiger partial charge on any atom is 0.138 e. The van der Waals surface area contributed by atoms with Gasteiger partial charge in [-0.1, -0.05) is 13.0 Å². The lowest BCUT2D eigenvalue weighted by Crippen LogP contribution is -2.26. The summed E-state index contributed by atoms with van der Waals surface area (Å²) in [5.41, 5.74) is 0.670. The maximum atomic E-state index is 9.28. The third-order valence-corrected chi connectivity index (χ3v) is 4.21. The van der Waals surface area contributed by atoms with Crippen molar-refractivity contribution in [2.45, 2.75) is 30.7 Å². The molecule has 3 nitrogen and oxygen atoms in total. The summed E-state index contributed by atoms with van der Waals surface area (Å²) in [4.78, 5) is 3.34. The van der Waals surface area contributed by atoms with Crippen LogP contribution in [0.2, 0.25) is 0 Å². The molecule has 1 aliphatic carbocycles. The number of nitriles is 1. The molecule has 0 N–H and O–H groups in total. The van der Waals surface area contributed by atoms with Gasteiger partial charge >= 0.3 is 0 Å². The Bertz CT molecular complexity index is 466. The lowest BCUT2D eigenvalue weighted by Gasteiger charge is -2.16. The lowest BCUT2D eigenvalue weighted by atomic mass is 10.2. The van der Waals surface area contributed by atoms with E-state index in [0.717, 1.165) is 23.2 Å². The Morgan fingerprint density at radius 2 is 2.26 bits per heavy atom. The minimum Gasteiger partial charge on any atom is -0.491 e. The third-order valence-electron chi connectivity index (χ3n) is 3.27. The Balaban J connectivity index is 1.95. The molecular weight excluding hydrogens is 256 g/mol. The molecule has 4 heteroatoms. The summed E-state index contributed by atoms with van der Waals surface area (Å²) >= 11 is 1.68. The third kappa shape index (κ3) is 3.89. The Kier molecular flexibility index (Phi) is 5.12. The summed E-state index contributed by atoms with van der Waals surface area (Å²) in [6, 6.07) is 8.84. The van der Waals surface area contributed by atoms with E-state index in [0.29, 0.717) is 17.9 Å². The van der Waals surface area contributed by atoms with Crippen molar-refractivity contribution in [1.29, 1.82) is 5.26 Å². The van der Waals surface area contributed by atoms with Crippen LogP contribution in [0.15, 0.2) is 23.1 Å². The fourth-order valence-corrected chi connectivity index (χ4v) is 2.79. The summed E-state index contributed by atoms with van der Waals surface area (Å²) in [7, 11) is 2.13. The van der Waals surface area contributed by atoms with Gasteiger partial charge < -0.3 is 9.64 Å². The number of ether oxygens (including phenoxy) is 1. The molecule has 1 aliphatic rings. The zero-order chi connectivity index (χ0) is 13.7. The number of hydrogen-bond acceptors (Lipinski definition) is 4. The first kappa shape index (κ1) is 14.2. The SMILES string of the molecule is CCSc1cccc(OCCN(C)C2CC2)c1C#N. The van der Waals surface area contributed by atoms with Crippen LogP contribution >= 0.6 is 11.8 Å². The van der Waals surface area contributed by atoms with Gasteiger partial charge in [0, 0.05) is 17.5 Å². The summed E-state index contributed by atoms with van der Waals surface area (Å²) in [5.74, 6) is 1.67. The number of likely N-dealkylation sites (N-methyl/N-ethyl adjacent to an activating group) is 1. The summed E-state index contributed by atoms with van der Waals surface area (Å²) < 4.78 is 5.79. The molecule has 0 atom stereocenters. The molecule has 1 fully saturated rings. The Labute approximate surface area is 119 Å². The lowest BCUT2D eigenvalue weighted by molar-refractivity contribution is 0.231. The van der Waals surface area contributed by atoms with Gasteiger partial charge in [0.2, 0.25) is 0 Å². The second-order valence-corrected chi connectivity index (χ2v) is 6.04. The van der Waals surface area contributed by atoms with E-state index in [-0.39, 0.29) is 0 Å². The van der Waals surface area contributed by atoms with Crippen LogP contribution in [-0.4, -0.2) is 36.9 Å². The van der Waals surface area contributed by atoms with Crippen LogP contribution in [0.4, 0.5) is 0 Å². The molecule has 0 aromatic heterocycles. The Hall–Kier alpha value is -1.18. The minimum atomic E-state index is 0.641. The van der Waals surface area contributed by atoms with E-state index >= 15 is 0 Å². The van der Waals surface area contributed by atoms with Crippen LogP contribution in [-0.2, 0) is 0 Å². The van der Waals surface area contributed by atoms with Crippen molar-refractivity contribution in [3.8, 4) is 11.8 Å². The van der Waals surface area contributed by atoms with E-state index < -0.39 is 0 Å². The van der Waals surface area contributed by atoms with Crippen molar-refractivity contribution < 1.29 is 4.74 Å². The highest BCUT2D eigenvalue weighted by molar-refractivity contribution is 7.99. The predicted octanol–water partition coefficient (Wildman–Crippen LogP) is 3.14. The molecule has 0 spiro atoms. The summed E-state index contributed by atoms with van der Waals surface area (Å²) in [6.07, 6.45) is 2.62. The van der Waals surface area contributed by atoms with Crippen molar-refractivity contribution in [3.05, 3.63) is 23.8 Å². The van der Waals surface area contributed by atoms with Crippen LogP contribution in [0.5, 0.6) is 5.75 Å². The smallest absolute Gasteiger partial charge is 0.138 e. The zero-order valence-corrected chi connectivity index (χ0v) is 12.4. The molecule has 1 saturated carbocycles. The first-order chi connectivity index (χ1) is 9.26. The van der Waals surface area contributed by atoms with Crippen LogP contribution in [0.3, 0.4) is 0 Å². The highest BCUT2D eigenvalue weighted by Gasteiger charge is 2.25. The zero-order valence-electron chi connectivity index (χ0n) is 11.6. The van der Waals surface area contributed by atoms with Gasteiger partial charge in [0.1, 0.15) is 24.0 Å². The first-order valence-corrected chi connectivity index (χ1v) is 7.73. The monoisotopic (exact) mass is 276 g/mol. The largest absolute Gasteiger partial charge is 0.491 e. The minimum absolute atomic E-state index is 0.641. The molecular formula is C15H20N2OS. The topological polar surface area (TPSA) is 36.3 Å². The molecule has 19 heavy (non-hydrogen) atoms. The van der Waals surface area contributed by atoms with E-state index in [1.807, 2.05) is 18.2 Å². The highest BCUT2D eigenvalue weighted by atomic mass is 32.2. The maximum absolute atomic E-state index is 9.28. The van der Waals surface area contributed by atoms with Crippen molar-refractivity contribution in [1.82, 2.24) is 4.90 Å². The van der Waals surface area contributed by atoms with E-state index in [2.05, 4.69) is 24.9 Å². The molecule has 0 heterocycles. The number of thioether (sulfide) groups is 1. The summed E-state index contributed by atoms with van der Waals surface area (Å²) in [5, 5.41) is 9.28. The van der Waals surface area contributed by atoms with Gasteiger partial charge in [-0.3, -0.25) is 0 Å². The molecule has 0 amide bonds. The van der Waals surface area contributed by atoms with Crippen molar-refractivity contribution in [3.63, 3.8) is 0 Å². The predicted molar refractivity (Wildman–Crippen MR) is 78.7 cm³/mol. The fourth-order valence-electron chi connectivity index (χ4n) is 2.01. The molecule has 0 radical (unpaired) electrons. The molecule has 0 aliphatic heterocycles. The van der Waals surface area contributed by atoms with Gasteiger partial charge in [-0.25, -0.2) is 0 Å². The van der Waals surface area contributed by atoms with E-state index in [1.54, 1.807) is 11.8 Å². The molecule has 1 aromatic carbocycles. The van der Waals surface area contributed by atoms with Crippen LogP contribution < -0.4 is 4.74 Å². The Morgan fingerprint density at radius 1 is 1.47 bits per heavy atom. The number of rotatable bonds is 7. The van der Waals surface area contributed by atoms with Gasteiger partial charge in [-0.15, -0.1) is 11.8 Å². The van der Waals surface area contributed by atoms with Crippen LogP contribution in [0, 0.1) is 11.3 Å². The first-order valence-electron chi connectivity index (χ1n) is 6.75. The normalized spacial score (nSPS) is 14.4. The Morgan fingerprint density at radius 3 is 2.89 bits per heavy atom. The van der Waals surface area contributed by atoms with Gasteiger partial charge in [0.25, 0.3) is 0 Å². The second-order valence-electron chi connectivity index (χ2n) is 4.73. The average Bonchev–Trinajstić information content (AvgIpc) is 3.23. The van der Waals surface area contributed by atoms with Gasteiger partial charge in [0.15, 0.2) is 0 Å². The molecule has 102 valence electrons. The fraction of sp³-hybridized carbons (Fsp3) is 0.533. The van der Waals surface area contributed by atoms with Gasteiger partial charge in [0.05, 0.1) is 0 Å². The summed E-state index contributed by atoms with van der Waals surface area (Å²) in [6.45, 7) is 3.65. The highest BCUT2D eigenvalue weighted by Crippen LogP contribution is 2.29. The van der Waals surface area contributed by atoms with E-state index in [1.165, 1.54) is 12.8 Å². The van der Waals surface area contributed by atoms with E-state index in [4.69, 9.17) is 4.74 Å². The van der Waals surface area contributed by atoms with Crippen molar-refractivity contribution in [2.75, 3.05) is 26.0 Å². The van der Waals surface area contributed by atoms with Crippen molar-refractivity contribution in [2.24, 2.45) is 0 Å². The number of nitrogens with zero attached hydrogens (tertiary/aromatic N) is 2. The molecule has 2 rings (SSSR count). The molecule has 0 bridgehead atoms. The van der Waals surface area contributed by atoms with Gasteiger partial charge in [-0.05, 0) is 37.8 Å².